The third kappa shape index (κ3) is 5.72. The van der Waals surface area contributed by atoms with Crippen LogP contribution in [-0.2, 0) is 26.9 Å². The molecule has 2 aromatic rings. The van der Waals surface area contributed by atoms with Crippen molar-refractivity contribution in [2.24, 2.45) is 0 Å². The Balaban J connectivity index is 1.61. The number of nitrogens with one attached hydrogen (secondary N) is 1. The molecule has 13 heteroatoms. The van der Waals surface area contributed by atoms with Gasteiger partial charge in [-0.2, -0.15) is 5.26 Å². The summed E-state index contributed by atoms with van der Waals surface area (Å²) in [6.45, 7) is 1.31. The van der Waals surface area contributed by atoms with E-state index in [0.29, 0.717) is 6.26 Å². The molecule has 2 unspecified atom stereocenters. The molecule has 3 rings (SSSR count). The fraction of sp³-hybridized carbons (Fsp3) is 0.318. The molecular weight excluding hydrogens is 483 g/mol. The number of aliphatic hydroxyl groups is 1. The lowest BCUT2D eigenvalue weighted by atomic mass is 10.1. The topological polar surface area (TPSA) is 160 Å². The van der Waals surface area contributed by atoms with Gasteiger partial charge in [0.25, 0.3) is 11.5 Å². The van der Waals surface area contributed by atoms with Gasteiger partial charge in [-0.15, -0.1) is 0 Å². The minimum absolute atomic E-state index is 0.00591. The first-order valence-electron chi connectivity index (χ1n) is 10.4. The van der Waals surface area contributed by atoms with Gasteiger partial charge in [0.2, 0.25) is 5.78 Å². The number of hydrogen-bond acceptors (Lipinski definition) is 8. The van der Waals surface area contributed by atoms with Crippen LogP contribution in [0.25, 0.3) is 0 Å². The van der Waals surface area contributed by atoms with E-state index >= 15 is 0 Å². The average molecular weight is 504 g/mol. The highest BCUT2D eigenvalue weighted by Crippen LogP contribution is 2.26. The second kappa shape index (κ2) is 10.9. The van der Waals surface area contributed by atoms with Crippen molar-refractivity contribution < 1.29 is 28.0 Å². The summed E-state index contributed by atoms with van der Waals surface area (Å²) >= 11 is 0. The van der Waals surface area contributed by atoms with E-state index in [2.05, 4.69) is 5.32 Å². The van der Waals surface area contributed by atoms with Gasteiger partial charge in [-0.25, -0.2) is 9.18 Å². The number of carbonyl (C=O) groups is 2. The average Bonchev–Trinajstić information content (AvgIpc) is 3.21. The molecule has 35 heavy (non-hydrogen) atoms. The molecule has 1 aromatic carbocycles. The number of ketones is 1. The number of hydrogen-bond donors (Lipinski definition) is 2. The molecule has 2 N–H and O–H groups in total. The first-order chi connectivity index (χ1) is 16.7. The summed E-state index contributed by atoms with van der Waals surface area (Å²) in [7, 11) is -1.51. The largest absolute Gasteiger partial charge is 0.512 e. The molecule has 11 nitrogen and oxygen atoms in total. The number of amides is 1. The number of aromatic nitrogens is 2. The smallest absolute Gasteiger partial charge is 0.333 e. The molecule has 1 fully saturated rings. The Hall–Kier alpha value is -4.05. The van der Waals surface area contributed by atoms with E-state index in [1.807, 2.05) is 0 Å². The summed E-state index contributed by atoms with van der Waals surface area (Å²) in [5.74, 6) is -2.13. The van der Waals surface area contributed by atoms with Crippen molar-refractivity contribution in [3.05, 3.63) is 79.8 Å². The van der Waals surface area contributed by atoms with Crippen LogP contribution in [0.1, 0.15) is 34.1 Å². The van der Waals surface area contributed by atoms with Gasteiger partial charge < -0.3 is 15.2 Å². The van der Waals surface area contributed by atoms with Crippen molar-refractivity contribution >= 4 is 22.5 Å². The summed E-state index contributed by atoms with van der Waals surface area (Å²) in [5, 5.41) is 20.4. The molecule has 1 aromatic heterocycles. The highest BCUT2D eigenvalue weighted by molar-refractivity contribution is 7.84. The normalized spacial score (nSPS) is 17.1. The molecular formula is C22H21FN4O7S. The van der Waals surface area contributed by atoms with Gasteiger partial charge in [-0.3, -0.25) is 27.7 Å². The first-order valence-corrected chi connectivity index (χ1v) is 11.8. The van der Waals surface area contributed by atoms with E-state index in [1.54, 1.807) is 6.07 Å². The van der Waals surface area contributed by atoms with Crippen LogP contribution in [-0.4, -0.2) is 48.2 Å². The Morgan fingerprint density at radius 3 is 2.77 bits per heavy atom. The van der Waals surface area contributed by atoms with Crippen LogP contribution in [0.5, 0.6) is 0 Å². The first kappa shape index (κ1) is 25.6. The molecule has 1 aliphatic heterocycles. The minimum atomic E-state index is -1.51. The Morgan fingerprint density at radius 2 is 2.11 bits per heavy atom. The van der Waals surface area contributed by atoms with Crippen LogP contribution in [0.3, 0.4) is 0 Å². The number of rotatable bonds is 8. The monoisotopic (exact) mass is 504 g/mol. The van der Waals surface area contributed by atoms with E-state index in [9.17, 15) is 27.8 Å². The third-order valence-electron chi connectivity index (χ3n) is 5.20. The molecule has 0 aliphatic carbocycles. The zero-order chi connectivity index (χ0) is 25.7. The summed E-state index contributed by atoms with van der Waals surface area (Å²) in [4.78, 5) is 49.3. The maximum Gasteiger partial charge on any atom is 0.333 e. The maximum absolute atomic E-state index is 13.4. The number of halogens is 1. The number of ether oxygens (including phenoxy) is 1. The zero-order valence-corrected chi connectivity index (χ0v) is 19.3. The van der Waals surface area contributed by atoms with Crippen molar-refractivity contribution in [2.45, 2.75) is 26.1 Å². The molecule has 0 saturated carbocycles. The van der Waals surface area contributed by atoms with Gasteiger partial charge in [-0.05, 0) is 25.1 Å². The SMILES string of the molecule is Cc1cn(C2CC(=O)C(=CO)O2)c(=O)n(CCS(=O)CCNC(=O)c2ccc(F)c(C#N)c2)c1=O. The Bertz CT molecular complexity index is 1390. The van der Waals surface area contributed by atoms with E-state index in [0.717, 1.165) is 21.3 Å². The zero-order valence-electron chi connectivity index (χ0n) is 18.5. The number of carbonyl (C=O) groups excluding carboxylic acids is 2. The predicted molar refractivity (Wildman–Crippen MR) is 121 cm³/mol. The fourth-order valence-electron chi connectivity index (χ4n) is 3.36. The summed E-state index contributed by atoms with van der Waals surface area (Å²) in [6.07, 6.45) is 0.558. The molecule has 1 saturated heterocycles. The minimum Gasteiger partial charge on any atom is -0.512 e. The molecule has 1 aliphatic rings. The molecule has 2 atom stereocenters. The van der Waals surface area contributed by atoms with Crippen molar-refractivity contribution in [1.29, 1.82) is 5.26 Å². The Labute approximate surface area is 200 Å². The van der Waals surface area contributed by atoms with Crippen LogP contribution in [0.15, 0.2) is 46.0 Å². The third-order valence-corrected chi connectivity index (χ3v) is 6.50. The number of nitrogens with zero attached hydrogens (tertiary/aromatic N) is 3. The summed E-state index contributed by atoms with van der Waals surface area (Å²) in [6, 6.07) is 4.98. The van der Waals surface area contributed by atoms with E-state index in [4.69, 9.17) is 15.1 Å². The van der Waals surface area contributed by atoms with Crippen LogP contribution in [0.4, 0.5) is 4.39 Å². The lowest BCUT2D eigenvalue weighted by Crippen LogP contribution is -2.43. The Kier molecular flexibility index (Phi) is 7.98. The Morgan fingerprint density at radius 1 is 1.37 bits per heavy atom. The molecule has 1 amide bonds. The van der Waals surface area contributed by atoms with Crippen molar-refractivity contribution in [3.63, 3.8) is 0 Å². The quantitative estimate of drug-likeness (QED) is 0.386. The summed E-state index contributed by atoms with van der Waals surface area (Å²) < 4.78 is 33.0. The molecule has 0 spiro atoms. The van der Waals surface area contributed by atoms with Crippen molar-refractivity contribution in [1.82, 2.24) is 14.5 Å². The number of benzene rings is 1. The van der Waals surface area contributed by atoms with Crippen LogP contribution in [0.2, 0.25) is 0 Å². The van der Waals surface area contributed by atoms with Gasteiger partial charge in [0, 0.05) is 52.7 Å². The van der Waals surface area contributed by atoms with E-state index < -0.39 is 45.8 Å². The van der Waals surface area contributed by atoms with Crippen LogP contribution < -0.4 is 16.6 Å². The van der Waals surface area contributed by atoms with E-state index in [-0.39, 0.29) is 53.5 Å². The van der Waals surface area contributed by atoms with Gasteiger partial charge >= 0.3 is 5.69 Å². The maximum atomic E-state index is 13.4. The molecule has 184 valence electrons. The molecule has 2 heterocycles. The van der Waals surface area contributed by atoms with Gasteiger partial charge in [0.05, 0.1) is 12.0 Å². The number of nitriles is 1. The van der Waals surface area contributed by atoms with E-state index in [1.165, 1.54) is 19.2 Å². The lowest BCUT2D eigenvalue weighted by Gasteiger charge is -2.16. The van der Waals surface area contributed by atoms with Crippen LogP contribution >= 0.6 is 0 Å². The van der Waals surface area contributed by atoms with Crippen LogP contribution in [0, 0.1) is 24.1 Å². The number of allylic oxidation sites excluding steroid dienone is 1. The van der Waals surface area contributed by atoms with Gasteiger partial charge in [0.15, 0.2) is 12.0 Å². The van der Waals surface area contributed by atoms with Crippen molar-refractivity contribution in [3.8, 4) is 6.07 Å². The lowest BCUT2D eigenvalue weighted by molar-refractivity contribution is -0.115. The fourth-order valence-corrected chi connectivity index (χ4v) is 4.28. The second-order valence-corrected chi connectivity index (χ2v) is 9.26. The highest BCUT2D eigenvalue weighted by atomic mass is 32.2. The molecule has 0 radical (unpaired) electrons. The van der Waals surface area contributed by atoms with Gasteiger partial charge in [-0.1, -0.05) is 0 Å². The van der Waals surface area contributed by atoms with Gasteiger partial charge in [0.1, 0.15) is 18.1 Å². The number of Topliss-reactive ketones (excluding diaryl/α,β-unsaturated/α-hetero) is 1. The molecule has 0 bridgehead atoms. The summed E-state index contributed by atoms with van der Waals surface area (Å²) in [5.41, 5.74) is -1.33. The standard InChI is InChI=1S/C22H21FN4O7S/c1-13-11-27(19-9-17(29)18(12-28)34-19)22(32)26(21(13)31)5-7-35(33)6-4-25-20(30)14-2-3-16(23)15(8-14)10-24/h2-3,8,11-12,19,28H,4-7,9H2,1H3,(H,25,30). The highest BCUT2D eigenvalue weighted by Gasteiger charge is 2.32. The predicted octanol–water partition coefficient (Wildman–Crippen LogP) is 0.395. The number of aliphatic hydroxyl groups excluding tert-OH is 1. The number of aryl methyl sites for hydroxylation is 1. The second-order valence-electron chi connectivity index (χ2n) is 7.56. The van der Waals surface area contributed by atoms with Crippen molar-refractivity contribution in [2.75, 3.05) is 18.1 Å².